The lowest BCUT2D eigenvalue weighted by Gasteiger charge is -2.15. The van der Waals surface area contributed by atoms with Crippen molar-refractivity contribution in [2.75, 3.05) is 18.5 Å². The van der Waals surface area contributed by atoms with E-state index < -0.39 is 18.0 Å². The zero-order chi connectivity index (χ0) is 13.1. The summed E-state index contributed by atoms with van der Waals surface area (Å²) >= 11 is 6.00. The monoisotopic (exact) mass is 269 g/mol. The Labute approximate surface area is 109 Å². The first-order valence-corrected chi connectivity index (χ1v) is 5.90. The van der Waals surface area contributed by atoms with Crippen LogP contribution < -0.4 is 5.32 Å². The number of cyclic esters (lactones) is 1. The van der Waals surface area contributed by atoms with Crippen molar-refractivity contribution in [3.63, 3.8) is 0 Å². The van der Waals surface area contributed by atoms with Crippen molar-refractivity contribution < 1.29 is 19.1 Å². The number of hydrogen-bond donors (Lipinski definition) is 1. The number of carbonyl (C=O) groups excluding carboxylic acids is 2. The van der Waals surface area contributed by atoms with E-state index in [-0.39, 0.29) is 13.2 Å². The minimum absolute atomic E-state index is 0.0807. The zero-order valence-corrected chi connectivity index (χ0v) is 10.5. The van der Waals surface area contributed by atoms with E-state index in [1.807, 2.05) is 0 Å². The predicted molar refractivity (Wildman–Crippen MR) is 65.8 cm³/mol. The van der Waals surface area contributed by atoms with E-state index in [0.29, 0.717) is 16.3 Å². The van der Waals surface area contributed by atoms with Crippen LogP contribution in [-0.2, 0) is 14.3 Å². The molecule has 1 aromatic rings. The third kappa shape index (κ3) is 2.41. The SMILES string of the molecule is CCOC(=O)C1COC(=O)c2cccc(Cl)c2N1. The molecule has 1 atom stereocenters. The van der Waals surface area contributed by atoms with Crippen molar-refractivity contribution in [2.45, 2.75) is 13.0 Å². The summed E-state index contributed by atoms with van der Waals surface area (Å²) in [4.78, 5) is 23.4. The van der Waals surface area contributed by atoms with E-state index in [4.69, 9.17) is 21.1 Å². The molecule has 0 spiro atoms. The summed E-state index contributed by atoms with van der Waals surface area (Å²) in [6.07, 6.45) is 0. The highest BCUT2D eigenvalue weighted by atomic mass is 35.5. The highest BCUT2D eigenvalue weighted by Crippen LogP contribution is 2.29. The zero-order valence-electron chi connectivity index (χ0n) is 9.73. The second kappa shape index (κ2) is 5.27. The van der Waals surface area contributed by atoms with Crippen LogP contribution in [0.5, 0.6) is 0 Å². The number of halogens is 1. The van der Waals surface area contributed by atoms with E-state index >= 15 is 0 Å². The van der Waals surface area contributed by atoms with Gasteiger partial charge in [0.15, 0.2) is 6.04 Å². The smallest absolute Gasteiger partial charge is 0.340 e. The predicted octanol–water partition coefficient (Wildman–Crippen LogP) is 1.85. The molecular formula is C12H12ClNO4. The van der Waals surface area contributed by atoms with Crippen LogP contribution in [0, 0.1) is 0 Å². The fourth-order valence-corrected chi connectivity index (χ4v) is 1.89. The third-order valence-electron chi connectivity index (χ3n) is 2.50. The Hall–Kier alpha value is -1.75. The minimum Gasteiger partial charge on any atom is -0.464 e. The van der Waals surface area contributed by atoms with Crippen molar-refractivity contribution >= 4 is 29.2 Å². The van der Waals surface area contributed by atoms with Gasteiger partial charge in [0.05, 0.1) is 22.9 Å². The molecule has 0 radical (unpaired) electrons. The van der Waals surface area contributed by atoms with E-state index in [1.54, 1.807) is 25.1 Å². The Kier molecular flexibility index (Phi) is 3.72. The first-order valence-electron chi connectivity index (χ1n) is 5.52. The van der Waals surface area contributed by atoms with Crippen LogP contribution in [0.4, 0.5) is 5.69 Å². The molecule has 96 valence electrons. The van der Waals surface area contributed by atoms with Gasteiger partial charge in [0.1, 0.15) is 6.61 Å². The van der Waals surface area contributed by atoms with E-state index in [1.165, 1.54) is 0 Å². The molecule has 0 saturated carbocycles. The molecule has 1 unspecified atom stereocenters. The van der Waals surface area contributed by atoms with Gasteiger partial charge in [-0.1, -0.05) is 17.7 Å². The van der Waals surface area contributed by atoms with Gasteiger partial charge in [0.25, 0.3) is 0 Å². The van der Waals surface area contributed by atoms with Crippen LogP contribution in [0.25, 0.3) is 0 Å². The Morgan fingerprint density at radius 1 is 1.61 bits per heavy atom. The van der Waals surface area contributed by atoms with Crippen LogP contribution in [0.2, 0.25) is 5.02 Å². The topological polar surface area (TPSA) is 64.6 Å². The van der Waals surface area contributed by atoms with Gasteiger partial charge >= 0.3 is 11.9 Å². The van der Waals surface area contributed by atoms with Crippen LogP contribution in [-0.4, -0.2) is 31.2 Å². The van der Waals surface area contributed by atoms with Crippen LogP contribution in [0.15, 0.2) is 18.2 Å². The number of rotatable bonds is 2. The molecule has 2 rings (SSSR count). The molecule has 0 bridgehead atoms. The molecule has 18 heavy (non-hydrogen) atoms. The fourth-order valence-electron chi connectivity index (χ4n) is 1.66. The molecule has 5 nitrogen and oxygen atoms in total. The Morgan fingerprint density at radius 2 is 2.39 bits per heavy atom. The molecular weight excluding hydrogens is 258 g/mol. The van der Waals surface area contributed by atoms with Crippen molar-refractivity contribution in [2.24, 2.45) is 0 Å². The summed E-state index contributed by atoms with van der Waals surface area (Å²) in [5, 5.41) is 3.25. The van der Waals surface area contributed by atoms with Gasteiger partial charge < -0.3 is 14.8 Å². The van der Waals surface area contributed by atoms with Gasteiger partial charge in [-0.3, -0.25) is 0 Å². The highest BCUT2D eigenvalue weighted by molar-refractivity contribution is 6.34. The molecule has 0 fully saturated rings. The molecule has 0 aliphatic carbocycles. The lowest BCUT2D eigenvalue weighted by molar-refractivity contribution is -0.144. The number of nitrogens with one attached hydrogen (secondary N) is 1. The normalized spacial score (nSPS) is 18.1. The summed E-state index contributed by atoms with van der Waals surface area (Å²) in [5.74, 6) is -0.982. The Balaban J connectivity index is 2.32. The maximum Gasteiger partial charge on any atom is 0.340 e. The third-order valence-corrected chi connectivity index (χ3v) is 2.82. The lowest BCUT2D eigenvalue weighted by Crippen LogP contribution is -2.34. The minimum atomic E-state index is -0.741. The highest BCUT2D eigenvalue weighted by Gasteiger charge is 2.29. The molecule has 1 N–H and O–H groups in total. The molecule has 0 aromatic heterocycles. The summed E-state index contributed by atoms with van der Waals surface area (Å²) < 4.78 is 9.89. The molecule has 0 amide bonds. The summed E-state index contributed by atoms with van der Waals surface area (Å²) in [5.41, 5.74) is 0.717. The number of hydrogen-bond acceptors (Lipinski definition) is 5. The van der Waals surface area contributed by atoms with Crippen LogP contribution in [0.1, 0.15) is 17.3 Å². The quantitative estimate of drug-likeness (QED) is 0.830. The number of ether oxygens (including phenoxy) is 2. The van der Waals surface area contributed by atoms with Crippen molar-refractivity contribution in [1.82, 2.24) is 0 Å². The molecule has 1 heterocycles. The number of carbonyl (C=O) groups is 2. The largest absolute Gasteiger partial charge is 0.464 e. The fraction of sp³-hybridized carbons (Fsp3) is 0.333. The van der Waals surface area contributed by atoms with Crippen molar-refractivity contribution in [1.29, 1.82) is 0 Å². The Morgan fingerprint density at radius 3 is 3.11 bits per heavy atom. The molecule has 1 aromatic carbocycles. The summed E-state index contributed by atoms with van der Waals surface area (Å²) in [6, 6.07) is 4.13. The van der Waals surface area contributed by atoms with Crippen molar-refractivity contribution in [3.05, 3.63) is 28.8 Å². The lowest BCUT2D eigenvalue weighted by atomic mass is 10.1. The summed E-state index contributed by atoms with van der Waals surface area (Å²) in [7, 11) is 0. The van der Waals surface area contributed by atoms with Gasteiger partial charge in [-0.15, -0.1) is 0 Å². The van der Waals surface area contributed by atoms with Crippen LogP contribution >= 0.6 is 11.6 Å². The second-order valence-electron chi connectivity index (χ2n) is 3.71. The summed E-state index contributed by atoms with van der Waals surface area (Å²) in [6.45, 7) is 1.89. The van der Waals surface area contributed by atoms with E-state index in [0.717, 1.165) is 0 Å². The van der Waals surface area contributed by atoms with E-state index in [2.05, 4.69) is 5.32 Å². The van der Waals surface area contributed by atoms with Crippen molar-refractivity contribution in [3.8, 4) is 0 Å². The number of fused-ring (bicyclic) bond motifs is 1. The van der Waals surface area contributed by atoms with Gasteiger partial charge in [-0.25, -0.2) is 9.59 Å². The first-order chi connectivity index (χ1) is 8.63. The van der Waals surface area contributed by atoms with Gasteiger partial charge in [0, 0.05) is 0 Å². The average molecular weight is 270 g/mol. The number of benzene rings is 1. The molecule has 6 heteroatoms. The van der Waals surface area contributed by atoms with Gasteiger partial charge in [-0.05, 0) is 19.1 Å². The van der Waals surface area contributed by atoms with Crippen LogP contribution in [0.3, 0.4) is 0 Å². The standard InChI is InChI=1S/C12H12ClNO4/c1-2-17-12(16)9-6-18-11(15)7-4-3-5-8(13)10(7)14-9/h3-5,9,14H,2,6H2,1H3. The number of anilines is 1. The number of esters is 2. The molecule has 1 aliphatic heterocycles. The molecule has 0 saturated heterocycles. The number of para-hydroxylation sites is 1. The van der Waals surface area contributed by atoms with Gasteiger partial charge in [0.2, 0.25) is 0 Å². The van der Waals surface area contributed by atoms with E-state index in [9.17, 15) is 9.59 Å². The van der Waals surface area contributed by atoms with Gasteiger partial charge in [-0.2, -0.15) is 0 Å². The maximum absolute atomic E-state index is 11.7. The maximum atomic E-state index is 11.7. The first kappa shape index (κ1) is 12.7. The Bertz CT molecular complexity index is 489. The second-order valence-corrected chi connectivity index (χ2v) is 4.12. The molecule has 1 aliphatic rings. The average Bonchev–Trinajstić information content (AvgIpc) is 2.51.